The van der Waals surface area contributed by atoms with Crippen LogP contribution in [0.4, 0.5) is 0 Å². The zero-order valence-electron chi connectivity index (χ0n) is 12.4. The van der Waals surface area contributed by atoms with Gasteiger partial charge in [-0.2, -0.15) is 0 Å². The van der Waals surface area contributed by atoms with Crippen LogP contribution in [-0.4, -0.2) is 33.4 Å². The summed E-state index contributed by atoms with van der Waals surface area (Å²) in [5.41, 5.74) is 0.748. The van der Waals surface area contributed by atoms with Crippen LogP contribution < -0.4 is 0 Å². The fourth-order valence-corrected chi connectivity index (χ4v) is 3.01. The number of benzene rings is 1. The molecular weight excluding hydrogens is 280 g/mol. The highest BCUT2D eigenvalue weighted by Gasteiger charge is 2.34. The fraction of sp³-hybridized carbons (Fsp3) is 0.500. The maximum Gasteiger partial charge on any atom is 0.339 e. The molecule has 0 spiro atoms. The molecule has 0 fully saturated rings. The highest BCUT2D eigenvalue weighted by Crippen LogP contribution is 2.28. The molecule has 0 bridgehead atoms. The average molecular weight is 300 g/mol. The maximum absolute atomic E-state index is 12.5. The Labute approximate surface area is 119 Å². The lowest BCUT2D eigenvalue weighted by Crippen LogP contribution is -2.29. The maximum atomic E-state index is 12.5. The summed E-state index contributed by atoms with van der Waals surface area (Å²) in [6.07, 6.45) is 0. The second kappa shape index (κ2) is 5.93. The zero-order valence-corrected chi connectivity index (χ0v) is 13.2. The number of esters is 1. The molecule has 0 saturated carbocycles. The Morgan fingerprint density at radius 1 is 1.20 bits per heavy atom. The van der Waals surface area contributed by atoms with E-state index in [1.54, 1.807) is 26.8 Å². The van der Waals surface area contributed by atoms with Gasteiger partial charge in [0, 0.05) is 7.11 Å². The first-order valence-corrected chi connectivity index (χ1v) is 7.58. The average Bonchev–Trinajstić information content (AvgIpc) is 2.36. The van der Waals surface area contributed by atoms with Crippen LogP contribution in [0.3, 0.4) is 0 Å². The highest BCUT2D eigenvalue weighted by molar-refractivity contribution is 7.92. The van der Waals surface area contributed by atoms with Crippen molar-refractivity contribution in [2.75, 3.05) is 14.2 Å². The molecule has 0 unspecified atom stereocenters. The molecule has 112 valence electrons. The number of hydrogen-bond acceptors (Lipinski definition) is 5. The summed E-state index contributed by atoms with van der Waals surface area (Å²) in [5, 5.41) is 0. The summed E-state index contributed by atoms with van der Waals surface area (Å²) >= 11 is 0. The van der Waals surface area contributed by atoms with E-state index in [9.17, 15) is 13.2 Å². The Morgan fingerprint density at radius 3 is 2.25 bits per heavy atom. The van der Waals surface area contributed by atoms with Gasteiger partial charge in [0.25, 0.3) is 0 Å². The molecule has 1 rings (SSSR count). The van der Waals surface area contributed by atoms with Crippen molar-refractivity contribution < 1.29 is 22.7 Å². The SMILES string of the molecule is COCc1ccc(S(=O)(=O)C(C)(C)C)c(C(=O)OC)c1. The normalized spacial score (nSPS) is 12.2. The van der Waals surface area contributed by atoms with E-state index < -0.39 is 20.6 Å². The minimum atomic E-state index is -3.64. The van der Waals surface area contributed by atoms with Gasteiger partial charge in [-0.05, 0) is 38.5 Å². The van der Waals surface area contributed by atoms with Gasteiger partial charge >= 0.3 is 5.97 Å². The predicted octanol–water partition coefficient (Wildman–Crippen LogP) is 2.19. The molecule has 5 nitrogen and oxygen atoms in total. The number of carbonyl (C=O) groups is 1. The molecule has 0 saturated heterocycles. The first kappa shape index (κ1) is 16.7. The lowest BCUT2D eigenvalue weighted by atomic mass is 10.1. The van der Waals surface area contributed by atoms with Crippen LogP contribution in [-0.2, 0) is 25.9 Å². The third-order valence-corrected chi connectivity index (χ3v) is 5.40. The number of ether oxygens (including phenoxy) is 2. The Balaban J connectivity index is 3.51. The van der Waals surface area contributed by atoms with Crippen molar-refractivity contribution in [3.63, 3.8) is 0 Å². The first-order chi connectivity index (χ1) is 9.15. The fourth-order valence-electron chi connectivity index (χ4n) is 1.67. The van der Waals surface area contributed by atoms with E-state index in [1.807, 2.05) is 0 Å². The minimum Gasteiger partial charge on any atom is -0.465 e. The molecule has 0 aliphatic carbocycles. The molecule has 0 atom stereocenters. The predicted molar refractivity (Wildman–Crippen MR) is 75.4 cm³/mol. The second-order valence-electron chi connectivity index (χ2n) is 5.37. The van der Waals surface area contributed by atoms with Crippen molar-refractivity contribution in [2.24, 2.45) is 0 Å². The van der Waals surface area contributed by atoms with Crippen LogP contribution in [0, 0.1) is 0 Å². The van der Waals surface area contributed by atoms with Gasteiger partial charge in [-0.3, -0.25) is 0 Å². The Morgan fingerprint density at radius 2 is 1.80 bits per heavy atom. The lowest BCUT2D eigenvalue weighted by Gasteiger charge is -2.21. The van der Waals surface area contributed by atoms with Crippen LogP contribution in [0.15, 0.2) is 23.1 Å². The van der Waals surface area contributed by atoms with Crippen LogP contribution >= 0.6 is 0 Å². The second-order valence-corrected chi connectivity index (χ2v) is 8.04. The summed E-state index contributed by atoms with van der Waals surface area (Å²) in [6.45, 7) is 5.06. The summed E-state index contributed by atoms with van der Waals surface area (Å²) in [6, 6.07) is 4.56. The van der Waals surface area contributed by atoms with Gasteiger partial charge in [0.15, 0.2) is 9.84 Å². The van der Waals surface area contributed by atoms with E-state index in [-0.39, 0.29) is 10.5 Å². The van der Waals surface area contributed by atoms with E-state index in [2.05, 4.69) is 4.74 Å². The van der Waals surface area contributed by atoms with Crippen molar-refractivity contribution >= 4 is 15.8 Å². The third kappa shape index (κ3) is 3.19. The molecule has 0 amide bonds. The molecule has 0 heterocycles. The van der Waals surface area contributed by atoms with Gasteiger partial charge in [-0.25, -0.2) is 13.2 Å². The van der Waals surface area contributed by atoms with Crippen LogP contribution in [0.2, 0.25) is 0 Å². The van der Waals surface area contributed by atoms with Crippen LogP contribution in [0.1, 0.15) is 36.7 Å². The third-order valence-electron chi connectivity index (χ3n) is 2.86. The van der Waals surface area contributed by atoms with Gasteiger partial charge in [0.05, 0.1) is 28.9 Å². The molecule has 0 aromatic heterocycles. The Kier molecular flexibility index (Phi) is 4.94. The molecule has 20 heavy (non-hydrogen) atoms. The van der Waals surface area contributed by atoms with E-state index >= 15 is 0 Å². The Bertz CT molecular complexity index is 596. The van der Waals surface area contributed by atoms with Gasteiger partial charge in [0.1, 0.15) is 0 Å². The molecule has 1 aromatic rings. The van der Waals surface area contributed by atoms with Crippen molar-refractivity contribution in [3.05, 3.63) is 29.3 Å². The quantitative estimate of drug-likeness (QED) is 0.797. The number of methoxy groups -OCH3 is 2. The summed E-state index contributed by atoms with van der Waals surface area (Å²) in [5.74, 6) is -0.675. The van der Waals surface area contributed by atoms with E-state index in [0.29, 0.717) is 12.2 Å². The van der Waals surface area contributed by atoms with Crippen LogP contribution in [0.25, 0.3) is 0 Å². The summed E-state index contributed by atoms with van der Waals surface area (Å²) in [4.78, 5) is 11.8. The first-order valence-electron chi connectivity index (χ1n) is 6.10. The molecule has 1 aromatic carbocycles. The lowest BCUT2D eigenvalue weighted by molar-refractivity contribution is 0.0596. The van der Waals surface area contributed by atoms with Crippen molar-refractivity contribution in [3.8, 4) is 0 Å². The highest BCUT2D eigenvalue weighted by atomic mass is 32.2. The molecule has 0 aliphatic rings. The number of rotatable bonds is 4. The monoisotopic (exact) mass is 300 g/mol. The summed E-state index contributed by atoms with van der Waals surface area (Å²) < 4.78 is 33.7. The van der Waals surface area contributed by atoms with Gasteiger partial charge in [0.2, 0.25) is 0 Å². The largest absolute Gasteiger partial charge is 0.465 e. The minimum absolute atomic E-state index is 0.0169. The molecule has 0 N–H and O–H groups in total. The Hall–Kier alpha value is -1.40. The van der Waals surface area contributed by atoms with Gasteiger partial charge in [-0.15, -0.1) is 0 Å². The molecular formula is C14H20O5S. The number of hydrogen-bond donors (Lipinski definition) is 0. The van der Waals surface area contributed by atoms with Gasteiger partial charge in [-0.1, -0.05) is 6.07 Å². The molecule has 6 heteroatoms. The van der Waals surface area contributed by atoms with E-state index in [0.717, 1.165) is 0 Å². The topological polar surface area (TPSA) is 69.7 Å². The van der Waals surface area contributed by atoms with Crippen LogP contribution in [0.5, 0.6) is 0 Å². The van der Waals surface area contributed by atoms with Crippen molar-refractivity contribution in [1.82, 2.24) is 0 Å². The standard InChI is InChI=1S/C14H20O5S/c1-14(2,3)20(16,17)12-7-6-10(9-18-4)8-11(12)13(15)19-5/h6-8H,9H2,1-5H3. The zero-order chi connectivity index (χ0) is 15.6. The number of sulfone groups is 1. The van der Waals surface area contributed by atoms with Crippen molar-refractivity contribution in [1.29, 1.82) is 0 Å². The van der Waals surface area contributed by atoms with E-state index in [1.165, 1.54) is 26.4 Å². The number of carbonyl (C=O) groups excluding carboxylic acids is 1. The van der Waals surface area contributed by atoms with Crippen molar-refractivity contribution in [2.45, 2.75) is 37.0 Å². The van der Waals surface area contributed by atoms with Gasteiger partial charge < -0.3 is 9.47 Å². The smallest absolute Gasteiger partial charge is 0.339 e. The summed E-state index contributed by atoms with van der Waals surface area (Å²) in [7, 11) is -0.889. The molecule has 0 radical (unpaired) electrons. The van der Waals surface area contributed by atoms with E-state index in [4.69, 9.17) is 4.74 Å². The molecule has 0 aliphatic heterocycles.